The van der Waals surface area contributed by atoms with Gasteiger partial charge in [0.25, 0.3) is 5.91 Å². The molecular weight excluding hydrogens is 401 g/mol. The molecule has 2 aromatic rings. The van der Waals surface area contributed by atoms with Crippen molar-refractivity contribution in [3.05, 3.63) is 53.3 Å². The minimum Gasteiger partial charge on any atom is -0.373 e. The number of halogens is 3. The van der Waals surface area contributed by atoms with Crippen molar-refractivity contribution in [2.24, 2.45) is 0 Å². The van der Waals surface area contributed by atoms with Crippen LogP contribution in [0, 0.1) is 0 Å². The monoisotopic (exact) mass is 414 g/mol. The van der Waals surface area contributed by atoms with Crippen molar-refractivity contribution in [3.63, 3.8) is 0 Å². The van der Waals surface area contributed by atoms with Crippen molar-refractivity contribution in [1.29, 1.82) is 0 Å². The van der Waals surface area contributed by atoms with Crippen LogP contribution in [0.2, 0.25) is 0 Å². The molecule has 0 aliphatic carbocycles. The van der Waals surface area contributed by atoms with Gasteiger partial charge in [-0.15, -0.1) is 0 Å². The van der Waals surface area contributed by atoms with Crippen LogP contribution in [0.3, 0.4) is 0 Å². The molecule has 1 unspecified atom stereocenters. The second-order valence-corrected chi connectivity index (χ2v) is 8.25. The lowest BCUT2D eigenvalue weighted by Gasteiger charge is -2.25. The highest BCUT2D eigenvalue weighted by atomic mass is 32.2. The van der Waals surface area contributed by atoms with Crippen LogP contribution in [0.1, 0.15) is 28.5 Å². The van der Waals surface area contributed by atoms with E-state index in [0.717, 1.165) is 12.1 Å². The molecule has 1 amide bonds. The molecule has 0 saturated heterocycles. The van der Waals surface area contributed by atoms with E-state index in [1.807, 2.05) is 5.32 Å². The number of benzene rings is 1. The summed E-state index contributed by atoms with van der Waals surface area (Å²) in [4.78, 5) is 28.4. The Labute approximate surface area is 157 Å². The molecule has 2 N–H and O–H groups in total. The number of amides is 1. The number of hydrogen-bond acceptors (Lipinski definition) is 6. The number of ketones is 1. The quantitative estimate of drug-likeness (QED) is 0.776. The Balaban J connectivity index is 2.17. The Morgan fingerprint density at radius 2 is 1.89 bits per heavy atom. The largest absolute Gasteiger partial charge is 0.426 e. The Morgan fingerprint density at radius 3 is 2.54 bits per heavy atom. The van der Waals surface area contributed by atoms with Crippen molar-refractivity contribution in [3.8, 4) is 0 Å². The standard InChI is InChI=1S/C17H13F3N2O5S/c1-16(25,17(18,19)20)15(24)22-10-5-2-6-12-13(10)14(23)9-4-3-7-21-11(9)8-28(12,26)27/h2-7,25H,8H2,1H3,(H,22,24). The molecule has 0 saturated carbocycles. The minimum absolute atomic E-state index is 0.0109. The number of pyridine rings is 1. The highest BCUT2D eigenvalue weighted by Crippen LogP contribution is 2.35. The number of aliphatic hydroxyl groups is 1. The third-order valence-corrected chi connectivity index (χ3v) is 5.96. The lowest BCUT2D eigenvalue weighted by atomic mass is 9.99. The summed E-state index contributed by atoms with van der Waals surface area (Å²) >= 11 is 0. The van der Waals surface area contributed by atoms with E-state index in [1.54, 1.807) is 0 Å². The maximum absolute atomic E-state index is 12.9. The second kappa shape index (κ2) is 6.38. The van der Waals surface area contributed by atoms with Crippen molar-refractivity contribution in [1.82, 2.24) is 4.98 Å². The number of nitrogens with zero attached hydrogens (tertiary/aromatic N) is 1. The van der Waals surface area contributed by atoms with Crippen LogP contribution in [-0.4, -0.2) is 42.0 Å². The maximum Gasteiger partial charge on any atom is 0.426 e. The van der Waals surface area contributed by atoms with Gasteiger partial charge in [0.2, 0.25) is 5.60 Å². The smallest absolute Gasteiger partial charge is 0.373 e. The molecule has 1 aliphatic rings. The van der Waals surface area contributed by atoms with E-state index >= 15 is 0 Å². The SMILES string of the molecule is CC(O)(C(=O)Nc1cccc2c1C(=O)c1cccnc1CS2(=O)=O)C(F)(F)F. The number of alkyl halides is 3. The highest BCUT2D eigenvalue weighted by Gasteiger charge is 2.56. The van der Waals surface area contributed by atoms with Gasteiger partial charge in [-0.05, 0) is 31.2 Å². The van der Waals surface area contributed by atoms with Gasteiger partial charge in [0, 0.05) is 11.8 Å². The molecule has 1 aromatic heterocycles. The summed E-state index contributed by atoms with van der Waals surface area (Å²) in [5, 5.41) is 11.3. The fourth-order valence-electron chi connectivity index (χ4n) is 2.65. The Hall–Kier alpha value is -2.79. The van der Waals surface area contributed by atoms with E-state index in [4.69, 9.17) is 0 Å². The zero-order valence-corrected chi connectivity index (χ0v) is 15.1. The Kier molecular flexibility index (Phi) is 4.55. The molecular formula is C17H13F3N2O5S. The zero-order valence-electron chi connectivity index (χ0n) is 14.2. The zero-order chi connectivity index (χ0) is 20.9. The number of hydrogen-bond donors (Lipinski definition) is 2. The summed E-state index contributed by atoms with van der Waals surface area (Å²) in [5.41, 5.74) is -4.75. The maximum atomic E-state index is 12.9. The van der Waals surface area contributed by atoms with E-state index in [1.165, 1.54) is 24.4 Å². The van der Waals surface area contributed by atoms with Crippen molar-refractivity contribution in [2.75, 3.05) is 5.32 Å². The van der Waals surface area contributed by atoms with Crippen LogP contribution in [0.15, 0.2) is 41.4 Å². The fraction of sp³-hybridized carbons (Fsp3) is 0.235. The second-order valence-electron chi connectivity index (χ2n) is 6.29. The number of carbonyl (C=O) groups excluding carboxylic acids is 2. The normalized spacial score (nSPS) is 17.7. The van der Waals surface area contributed by atoms with Gasteiger partial charge in [-0.1, -0.05) is 6.07 Å². The molecule has 1 aromatic carbocycles. The van der Waals surface area contributed by atoms with Gasteiger partial charge in [-0.3, -0.25) is 14.6 Å². The average molecular weight is 414 g/mol. The number of rotatable bonds is 2. The van der Waals surface area contributed by atoms with Gasteiger partial charge in [-0.25, -0.2) is 8.42 Å². The Bertz CT molecular complexity index is 1090. The molecule has 1 aliphatic heterocycles. The first-order chi connectivity index (χ1) is 12.9. The van der Waals surface area contributed by atoms with Gasteiger partial charge in [-0.2, -0.15) is 13.2 Å². The summed E-state index contributed by atoms with van der Waals surface area (Å²) in [5.74, 6) is -3.25. The lowest BCUT2D eigenvalue weighted by Crippen LogP contribution is -2.52. The summed E-state index contributed by atoms with van der Waals surface area (Å²) < 4.78 is 64.0. The fourth-order valence-corrected chi connectivity index (χ4v) is 4.20. The van der Waals surface area contributed by atoms with Crippen LogP contribution in [0.4, 0.5) is 18.9 Å². The molecule has 2 heterocycles. The third kappa shape index (κ3) is 3.16. The van der Waals surface area contributed by atoms with Crippen LogP contribution in [-0.2, 0) is 20.4 Å². The average Bonchev–Trinajstić information content (AvgIpc) is 2.68. The van der Waals surface area contributed by atoms with Gasteiger partial charge < -0.3 is 10.4 Å². The molecule has 0 spiro atoms. The van der Waals surface area contributed by atoms with E-state index < -0.39 is 55.2 Å². The van der Waals surface area contributed by atoms with Gasteiger partial charge in [0.15, 0.2) is 15.6 Å². The molecule has 0 fully saturated rings. The molecule has 7 nitrogen and oxygen atoms in total. The van der Waals surface area contributed by atoms with Crippen molar-refractivity contribution >= 4 is 27.2 Å². The predicted molar refractivity (Wildman–Crippen MR) is 90.3 cm³/mol. The minimum atomic E-state index is -5.28. The van der Waals surface area contributed by atoms with Crippen molar-refractivity contribution < 1.29 is 36.3 Å². The van der Waals surface area contributed by atoms with Gasteiger partial charge >= 0.3 is 6.18 Å². The summed E-state index contributed by atoms with van der Waals surface area (Å²) in [7, 11) is -4.07. The number of anilines is 1. The molecule has 3 rings (SSSR count). The first-order valence-corrected chi connectivity index (χ1v) is 9.46. The van der Waals surface area contributed by atoms with Gasteiger partial charge in [0.1, 0.15) is 0 Å². The number of nitrogens with one attached hydrogen (secondary N) is 1. The number of sulfone groups is 1. The van der Waals surface area contributed by atoms with E-state index in [0.29, 0.717) is 0 Å². The molecule has 0 radical (unpaired) electrons. The first-order valence-electron chi connectivity index (χ1n) is 7.81. The summed E-state index contributed by atoms with van der Waals surface area (Å²) in [6.45, 7) is 0.252. The van der Waals surface area contributed by atoms with Crippen LogP contribution in [0.25, 0.3) is 0 Å². The molecule has 28 heavy (non-hydrogen) atoms. The van der Waals surface area contributed by atoms with Crippen LogP contribution >= 0.6 is 0 Å². The first kappa shape index (κ1) is 20.0. The Morgan fingerprint density at radius 1 is 1.21 bits per heavy atom. The molecule has 0 bridgehead atoms. The number of carbonyl (C=O) groups is 2. The number of aromatic nitrogens is 1. The predicted octanol–water partition coefficient (Wildman–Crippen LogP) is 1.85. The molecule has 1 atom stereocenters. The third-order valence-electron chi connectivity index (χ3n) is 4.29. The summed E-state index contributed by atoms with van der Waals surface area (Å²) in [6.07, 6.45) is -3.98. The van der Waals surface area contributed by atoms with E-state index in [-0.39, 0.29) is 18.2 Å². The van der Waals surface area contributed by atoms with Crippen LogP contribution in [0.5, 0.6) is 0 Å². The van der Waals surface area contributed by atoms with E-state index in [9.17, 15) is 36.3 Å². The van der Waals surface area contributed by atoms with Crippen LogP contribution < -0.4 is 5.32 Å². The topological polar surface area (TPSA) is 113 Å². The molecule has 11 heteroatoms. The van der Waals surface area contributed by atoms with E-state index in [2.05, 4.69) is 4.98 Å². The number of fused-ring (bicyclic) bond motifs is 2. The lowest BCUT2D eigenvalue weighted by molar-refractivity contribution is -0.242. The van der Waals surface area contributed by atoms with Gasteiger partial charge in [0.05, 0.1) is 27.6 Å². The van der Waals surface area contributed by atoms with Crippen molar-refractivity contribution in [2.45, 2.75) is 29.3 Å². The summed E-state index contributed by atoms with van der Waals surface area (Å²) in [6, 6.07) is 6.11. The highest BCUT2D eigenvalue weighted by molar-refractivity contribution is 7.90. The molecule has 148 valence electrons.